The van der Waals surface area contributed by atoms with Gasteiger partial charge in [0.15, 0.2) is 25.4 Å². The minimum Gasteiger partial charge on any atom is -0.505 e. The van der Waals surface area contributed by atoms with E-state index in [2.05, 4.69) is 20.5 Å². The average molecular weight is 662 g/mol. The largest absolute Gasteiger partial charge is 0.505 e. The van der Waals surface area contributed by atoms with Gasteiger partial charge in [0.1, 0.15) is 27.7 Å². The molecule has 0 bridgehead atoms. The van der Waals surface area contributed by atoms with Gasteiger partial charge in [-0.25, -0.2) is 16.8 Å². The molecule has 0 spiro atoms. The zero-order valence-electron chi connectivity index (χ0n) is 23.5. The van der Waals surface area contributed by atoms with E-state index in [-0.39, 0.29) is 60.6 Å². The Bertz CT molecular complexity index is 2160. The third-order valence-electron chi connectivity index (χ3n) is 6.49. The molecule has 0 saturated heterocycles. The van der Waals surface area contributed by atoms with Gasteiger partial charge < -0.3 is 15.6 Å². The second-order valence-electron chi connectivity index (χ2n) is 9.18. The van der Waals surface area contributed by atoms with E-state index in [9.17, 15) is 34.9 Å². The van der Waals surface area contributed by atoms with Crippen LogP contribution in [0.25, 0.3) is 10.8 Å². The van der Waals surface area contributed by atoms with Crippen LogP contribution in [0.4, 0.5) is 28.4 Å². The molecule has 0 aliphatic rings. The number of hydrogen-bond acceptors (Lipinski definition) is 13. The smallest absolute Gasteiger partial charge is 0.296 e. The van der Waals surface area contributed by atoms with Crippen LogP contribution in [0.2, 0.25) is 0 Å². The fourth-order valence-corrected chi connectivity index (χ4v) is 6.56. The normalized spacial score (nSPS) is 12.8. The molecule has 4 rings (SSSR count). The Balaban J connectivity index is 1.86. The number of fused-ring (bicyclic) bond motifs is 1. The van der Waals surface area contributed by atoms with Gasteiger partial charge >= 0.3 is 0 Å². The van der Waals surface area contributed by atoms with Crippen molar-refractivity contribution in [3.8, 4) is 11.5 Å². The quantitative estimate of drug-likeness (QED) is 0.105. The third-order valence-corrected chi connectivity index (χ3v) is 10.8. The van der Waals surface area contributed by atoms with Crippen LogP contribution in [0.15, 0.2) is 95.8 Å². The highest BCUT2D eigenvalue weighted by molar-refractivity contribution is 7.91. The molecule has 44 heavy (non-hydrogen) atoms. The highest BCUT2D eigenvalue weighted by Crippen LogP contribution is 2.46. The van der Waals surface area contributed by atoms with Crippen molar-refractivity contribution in [2.24, 2.45) is 20.5 Å². The fourth-order valence-electron chi connectivity index (χ4n) is 4.07. The standard InChI is InChI=1S/C27H27N5O9S3/c1-4-42(34,35)18-8-6-7-17(14-18)29-32-26-23(44(38,39)40)13-16-9-11-20(27(33)24(16)25(26)28)30-31-21-15-19(43(36,37)5-2)10-12-22(21)41-3/h6-15,33H,4-5,28H2,1-3H3,(H,38,39,40). The number of azo groups is 2. The summed E-state index contributed by atoms with van der Waals surface area (Å²) < 4.78 is 88.8. The number of nitrogen functional groups attached to an aromatic ring is 1. The van der Waals surface area contributed by atoms with Crippen molar-refractivity contribution in [2.45, 2.75) is 28.5 Å². The van der Waals surface area contributed by atoms with E-state index in [0.717, 1.165) is 6.07 Å². The van der Waals surface area contributed by atoms with Crippen LogP contribution in [-0.4, -0.2) is 53.5 Å². The minimum atomic E-state index is -4.90. The lowest BCUT2D eigenvalue weighted by molar-refractivity contribution is 0.415. The number of phenols is 1. The predicted molar refractivity (Wildman–Crippen MR) is 163 cm³/mol. The second-order valence-corrected chi connectivity index (χ2v) is 15.1. The van der Waals surface area contributed by atoms with Gasteiger partial charge in [0.25, 0.3) is 10.1 Å². The van der Waals surface area contributed by atoms with Crippen LogP contribution in [0.3, 0.4) is 0 Å². The summed E-state index contributed by atoms with van der Waals surface area (Å²) in [5.41, 5.74) is 5.33. The van der Waals surface area contributed by atoms with Crippen molar-refractivity contribution in [2.75, 3.05) is 24.3 Å². The Morgan fingerprint density at radius 2 is 1.41 bits per heavy atom. The van der Waals surface area contributed by atoms with E-state index in [1.54, 1.807) is 0 Å². The first kappa shape index (κ1) is 32.5. The maximum Gasteiger partial charge on any atom is 0.296 e. The van der Waals surface area contributed by atoms with Gasteiger partial charge in [-0.15, -0.1) is 15.3 Å². The first-order valence-corrected chi connectivity index (χ1v) is 17.5. The molecular weight excluding hydrogens is 635 g/mol. The molecule has 0 fully saturated rings. The van der Waals surface area contributed by atoms with Gasteiger partial charge in [-0.3, -0.25) is 4.55 Å². The molecule has 14 nitrogen and oxygen atoms in total. The summed E-state index contributed by atoms with van der Waals surface area (Å²) in [6.45, 7) is 2.97. The van der Waals surface area contributed by atoms with Crippen molar-refractivity contribution >= 4 is 69.0 Å². The first-order valence-electron chi connectivity index (χ1n) is 12.8. The van der Waals surface area contributed by atoms with E-state index in [4.69, 9.17) is 10.5 Å². The summed E-state index contributed by atoms with van der Waals surface area (Å²) in [7, 11) is -10.7. The van der Waals surface area contributed by atoms with Crippen molar-refractivity contribution in [1.82, 2.24) is 0 Å². The SMILES string of the molecule is CCS(=O)(=O)c1cccc(N=Nc2c(S(=O)(=O)O)cc3ccc(N=Nc4cc(S(=O)(=O)CC)ccc4OC)c(O)c3c2N)c1. The van der Waals surface area contributed by atoms with E-state index in [1.807, 2.05) is 0 Å². The maximum absolute atomic E-state index is 12.3. The molecule has 4 N–H and O–H groups in total. The number of nitrogens with zero attached hydrogens (tertiary/aromatic N) is 4. The minimum absolute atomic E-state index is 0.00713. The molecule has 0 saturated carbocycles. The summed E-state index contributed by atoms with van der Waals surface area (Å²) in [5.74, 6) is -0.628. The molecule has 0 aromatic heterocycles. The summed E-state index contributed by atoms with van der Waals surface area (Å²) in [6.07, 6.45) is 0. The number of ether oxygens (including phenoxy) is 1. The molecule has 0 radical (unpaired) electrons. The Morgan fingerprint density at radius 3 is 2.02 bits per heavy atom. The zero-order chi connectivity index (χ0) is 32.4. The van der Waals surface area contributed by atoms with Crippen molar-refractivity contribution in [3.63, 3.8) is 0 Å². The number of nitrogens with two attached hydrogens (primary N) is 1. The topological polar surface area (TPSA) is 228 Å². The monoisotopic (exact) mass is 661 g/mol. The molecule has 0 aliphatic carbocycles. The Morgan fingerprint density at radius 1 is 0.773 bits per heavy atom. The molecule has 232 valence electrons. The van der Waals surface area contributed by atoms with Crippen LogP contribution in [0.1, 0.15) is 13.8 Å². The lowest BCUT2D eigenvalue weighted by Gasteiger charge is -2.12. The number of sulfone groups is 2. The van der Waals surface area contributed by atoms with Crippen LogP contribution in [0.5, 0.6) is 11.5 Å². The van der Waals surface area contributed by atoms with Crippen LogP contribution >= 0.6 is 0 Å². The molecular formula is C27H27N5O9S3. The summed E-state index contributed by atoms with van der Waals surface area (Å²) in [6, 6.07) is 13.2. The van der Waals surface area contributed by atoms with Gasteiger partial charge in [-0.1, -0.05) is 26.0 Å². The zero-order valence-corrected chi connectivity index (χ0v) is 26.0. The number of hydrogen-bond donors (Lipinski definition) is 3. The number of anilines is 1. The van der Waals surface area contributed by atoms with Gasteiger partial charge in [0.2, 0.25) is 0 Å². The maximum atomic E-state index is 12.3. The summed E-state index contributed by atoms with van der Waals surface area (Å²) in [4.78, 5) is -0.747. The van der Waals surface area contributed by atoms with Crippen molar-refractivity contribution in [1.29, 1.82) is 0 Å². The van der Waals surface area contributed by atoms with E-state index in [1.165, 1.54) is 75.6 Å². The highest BCUT2D eigenvalue weighted by Gasteiger charge is 2.24. The van der Waals surface area contributed by atoms with Gasteiger partial charge in [0.05, 0.1) is 45.2 Å². The average Bonchev–Trinajstić information content (AvgIpc) is 2.99. The van der Waals surface area contributed by atoms with Crippen LogP contribution in [0, 0.1) is 0 Å². The molecule has 17 heteroatoms. The number of phenolic OH excluding ortho intramolecular Hbond substituents is 1. The molecule has 0 heterocycles. The number of methoxy groups -OCH3 is 1. The molecule has 4 aromatic rings. The molecule has 0 atom stereocenters. The van der Waals surface area contributed by atoms with Gasteiger partial charge in [-0.2, -0.15) is 13.5 Å². The van der Waals surface area contributed by atoms with E-state index >= 15 is 0 Å². The molecule has 0 aliphatic heterocycles. The number of benzene rings is 4. The number of rotatable bonds is 10. The van der Waals surface area contributed by atoms with Crippen LogP contribution in [-0.2, 0) is 29.8 Å². The molecule has 0 unspecified atom stereocenters. The lowest BCUT2D eigenvalue weighted by Crippen LogP contribution is -2.03. The Hall–Kier alpha value is -4.45. The van der Waals surface area contributed by atoms with Gasteiger partial charge in [-0.05, 0) is 53.9 Å². The van der Waals surface area contributed by atoms with E-state index in [0.29, 0.717) is 0 Å². The number of aromatic hydroxyl groups is 1. The second kappa shape index (κ2) is 12.3. The Kier molecular flexibility index (Phi) is 9.06. The fraction of sp³-hybridized carbons (Fsp3) is 0.185. The molecule has 0 amide bonds. The summed E-state index contributed by atoms with van der Waals surface area (Å²) >= 11 is 0. The third kappa shape index (κ3) is 6.54. The predicted octanol–water partition coefficient (Wildman–Crippen LogP) is 5.80. The van der Waals surface area contributed by atoms with Crippen molar-refractivity contribution in [3.05, 3.63) is 60.7 Å². The van der Waals surface area contributed by atoms with Crippen molar-refractivity contribution < 1.29 is 39.6 Å². The summed E-state index contributed by atoms with van der Waals surface area (Å²) in [5, 5.41) is 27.0. The van der Waals surface area contributed by atoms with Gasteiger partial charge in [0, 0.05) is 0 Å². The highest BCUT2D eigenvalue weighted by atomic mass is 32.2. The molecule has 4 aromatic carbocycles. The lowest BCUT2D eigenvalue weighted by atomic mass is 10.1. The Labute approximate surface area is 253 Å². The van der Waals surface area contributed by atoms with Crippen LogP contribution < -0.4 is 10.5 Å². The first-order chi connectivity index (χ1) is 20.6. The van der Waals surface area contributed by atoms with E-state index < -0.39 is 46.1 Å².